The van der Waals surface area contributed by atoms with E-state index < -0.39 is 0 Å². The molecule has 0 saturated carbocycles. The molecule has 6 heteroatoms. The van der Waals surface area contributed by atoms with Crippen molar-refractivity contribution in [2.24, 2.45) is 5.10 Å². The molecule has 0 aromatic heterocycles. The molecule has 0 unspecified atom stereocenters. The van der Waals surface area contributed by atoms with E-state index in [1.54, 1.807) is 39.5 Å². The number of methoxy groups -OCH3 is 3. The van der Waals surface area contributed by atoms with E-state index in [1.807, 2.05) is 26.0 Å². The zero-order valence-corrected chi connectivity index (χ0v) is 15.0. The molecule has 2 rings (SSSR count). The molecule has 0 aliphatic rings. The van der Waals surface area contributed by atoms with Gasteiger partial charge < -0.3 is 14.2 Å². The maximum atomic E-state index is 12.2. The smallest absolute Gasteiger partial charge is 0.271 e. The number of amides is 1. The van der Waals surface area contributed by atoms with Crippen molar-refractivity contribution in [2.45, 2.75) is 13.8 Å². The zero-order valence-electron chi connectivity index (χ0n) is 15.0. The molecule has 2 aromatic carbocycles. The molecule has 0 saturated heterocycles. The highest BCUT2D eigenvalue weighted by Crippen LogP contribution is 2.33. The van der Waals surface area contributed by atoms with Crippen LogP contribution in [0.3, 0.4) is 0 Å². The van der Waals surface area contributed by atoms with Gasteiger partial charge in [-0.05, 0) is 43.2 Å². The molecule has 0 fully saturated rings. The van der Waals surface area contributed by atoms with Crippen LogP contribution in [0.1, 0.15) is 27.0 Å². The zero-order chi connectivity index (χ0) is 18.4. The number of carbonyl (C=O) groups excluding carboxylic acids is 1. The Labute approximate surface area is 147 Å². The van der Waals surface area contributed by atoms with E-state index in [9.17, 15) is 4.79 Å². The van der Waals surface area contributed by atoms with E-state index in [4.69, 9.17) is 14.2 Å². The molecule has 1 amide bonds. The van der Waals surface area contributed by atoms with Gasteiger partial charge in [-0.3, -0.25) is 4.79 Å². The maximum absolute atomic E-state index is 12.2. The lowest BCUT2D eigenvalue weighted by molar-refractivity contribution is 0.0955. The number of ether oxygens (including phenoxy) is 3. The molecule has 25 heavy (non-hydrogen) atoms. The van der Waals surface area contributed by atoms with Crippen LogP contribution in [0.5, 0.6) is 17.2 Å². The summed E-state index contributed by atoms with van der Waals surface area (Å²) < 4.78 is 15.8. The van der Waals surface area contributed by atoms with Gasteiger partial charge in [-0.15, -0.1) is 0 Å². The summed E-state index contributed by atoms with van der Waals surface area (Å²) in [4.78, 5) is 12.2. The third kappa shape index (κ3) is 4.29. The first-order valence-corrected chi connectivity index (χ1v) is 7.70. The second kappa shape index (κ2) is 8.19. The van der Waals surface area contributed by atoms with Crippen molar-refractivity contribution in [3.63, 3.8) is 0 Å². The molecule has 0 heterocycles. The van der Waals surface area contributed by atoms with Crippen molar-refractivity contribution in [1.29, 1.82) is 0 Å². The van der Waals surface area contributed by atoms with Gasteiger partial charge in [-0.25, -0.2) is 5.43 Å². The standard InChI is InChI=1S/C19H22N2O4/c1-12-6-7-14(8-13(12)2)19(22)21-20-11-15-9-17(24-4)18(25-5)10-16(15)23-3/h6-11H,1-5H3,(H,21,22)/b20-11+. The SMILES string of the molecule is COc1cc(OC)c(OC)cc1/C=N/NC(=O)c1ccc(C)c(C)c1. The summed E-state index contributed by atoms with van der Waals surface area (Å²) in [5.74, 6) is 1.38. The maximum Gasteiger partial charge on any atom is 0.271 e. The molecule has 132 valence electrons. The summed E-state index contributed by atoms with van der Waals surface area (Å²) >= 11 is 0. The predicted octanol–water partition coefficient (Wildman–Crippen LogP) is 3.09. The minimum atomic E-state index is -0.279. The number of hydrogen-bond acceptors (Lipinski definition) is 5. The first-order valence-electron chi connectivity index (χ1n) is 7.70. The third-order valence-electron chi connectivity index (χ3n) is 3.87. The van der Waals surface area contributed by atoms with E-state index >= 15 is 0 Å². The number of hydrazone groups is 1. The summed E-state index contributed by atoms with van der Waals surface area (Å²) in [6.07, 6.45) is 1.50. The van der Waals surface area contributed by atoms with E-state index in [-0.39, 0.29) is 5.91 Å². The van der Waals surface area contributed by atoms with Crippen LogP contribution in [0.15, 0.2) is 35.4 Å². The van der Waals surface area contributed by atoms with Gasteiger partial charge in [0.25, 0.3) is 5.91 Å². The molecule has 0 aliphatic heterocycles. The fourth-order valence-corrected chi connectivity index (χ4v) is 2.26. The van der Waals surface area contributed by atoms with Crippen molar-refractivity contribution in [2.75, 3.05) is 21.3 Å². The molecular weight excluding hydrogens is 320 g/mol. The first-order chi connectivity index (χ1) is 12.0. The number of nitrogens with zero attached hydrogens (tertiary/aromatic N) is 1. The van der Waals surface area contributed by atoms with Gasteiger partial charge in [0.15, 0.2) is 11.5 Å². The Hall–Kier alpha value is -3.02. The van der Waals surface area contributed by atoms with Crippen LogP contribution in [0.2, 0.25) is 0 Å². The summed E-state index contributed by atoms with van der Waals surface area (Å²) in [5.41, 5.74) is 5.91. The number of hydrogen-bond donors (Lipinski definition) is 1. The quantitative estimate of drug-likeness (QED) is 0.647. The van der Waals surface area contributed by atoms with Crippen LogP contribution < -0.4 is 19.6 Å². The Morgan fingerprint density at radius 3 is 2.16 bits per heavy atom. The number of nitrogens with one attached hydrogen (secondary N) is 1. The molecule has 0 atom stereocenters. The van der Waals surface area contributed by atoms with Gasteiger partial charge >= 0.3 is 0 Å². The van der Waals surface area contributed by atoms with Crippen LogP contribution in [0.25, 0.3) is 0 Å². The lowest BCUT2D eigenvalue weighted by Gasteiger charge is -2.11. The number of aryl methyl sites for hydroxylation is 2. The predicted molar refractivity (Wildman–Crippen MR) is 97.1 cm³/mol. The van der Waals surface area contributed by atoms with Crippen LogP contribution >= 0.6 is 0 Å². The number of rotatable bonds is 6. The highest BCUT2D eigenvalue weighted by molar-refractivity contribution is 5.95. The second-order valence-corrected chi connectivity index (χ2v) is 5.45. The topological polar surface area (TPSA) is 69.2 Å². The average molecular weight is 342 g/mol. The highest BCUT2D eigenvalue weighted by Gasteiger charge is 2.11. The third-order valence-corrected chi connectivity index (χ3v) is 3.87. The summed E-state index contributed by atoms with van der Waals surface area (Å²) in [7, 11) is 4.65. The Bertz CT molecular complexity index is 800. The molecule has 2 aromatic rings. The molecule has 6 nitrogen and oxygen atoms in total. The van der Waals surface area contributed by atoms with Crippen molar-refractivity contribution in [1.82, 2.24) is 5.43 Å². The van der Waals surface area contributed by atoms with Gasteiger partial charge in [-0.1, -0.05) is 6.07 Å². The fraction of sp³-hybridized carbons (Fsp3) is 0.263. The lowest BCUT2D eigenvalue weighted by atomic mass is 10.1. The first kappa shape index (κ1) is 18.3. The summed E-state index contributed by atoms with van der Waals surface area (Å²) in [6.45, 7) is 3.96. The fourth-order valence-electron chi connectivity index (χ4n) is 2.26. The second-order valence-electron chi connectivity index (χ2n) is 5.45. The van der Waals surface area contributed by atoms with Gasteiger partial charge in [0.1, 0.15) is 5.75 Å². The molecule has 0 radical (unpaired) electrons. The minimum absolute atomic E-state index is 0.279. The molecule has 0 bridgehead atoms. The highest BCUT2D eigenvalue weighted by atomic mass is 16.5. The van der Waals surface area contributed by atoms with Gasteiger partial charge in [0.05, 0.1) is 27.5 Å². The molecule has 1 N–H and O–H groups in total. The Morgan fingerprint density at radius 1 is 0.920 bits per heavy atom. The Balaban J connectivity index is 2.18. The Kier molecular flexibility index (Phi) is 6.00. The summed E-state index contributed by atoms with van der Waals surface area (Å²) in [6, 6.07) is 8.93. The normalized spacial score (nSPS) is 10.6. The Morgan fingerprint density at radius 2 is 1.56 bits per heavy atom. The summed E-state index contributed by atoms with van der Waals surface area (Å²) in [5, 5.41) is 4.01. The molecule has 0 spiro atoms. The van der Waals surface area contributed by atoms with Crippen molar-refractivity contribution in [3.8, 4) is 17.2 Å². The molecule has 0 aliphatic carbocycles. The largest absolute Gasteiger partial charge is 0.496 e. The van der Waals surface area contributed by atoms with Crippen LogP contribution in [-0.4, -0.2) is 33.5 Å². The van der Waals surface area contributed by atoms with E-state index in [0.29, 0.717) is 28.4 Å². The minimum Gasteiger partial charge on any atom is -0.496 e. The van der Waals surface area contributed by atoms with Crippen molar-refractivity contribution < 1.29 is 19.0 Å². The van der Waals surface area contributed by atoms with Crippen LogP contribution in [0, 0.1) is 13.8 Å². The monoisotopic (exact) mass is 342 g/mol. The van der Waals surface area contributed by atoms with Crippen molar-refractivity contribution in [3.05, 3.63) is 52.6 Å². The van der Waals surface area contributed by atoms with Crippen LogP contribution in [-0.2, 0) is 0 Å². The lowest BCUT2D eigenvalue weighted by Crippen LogP contribution is -2.17. The molecular formula is C19H22N2O4. The van der Waals surface area contributed by atoms with E-state index in [2.05, 4.69) is 10.5 Å². The van der Waals surface area contributed by atoms with Crippen LogP contribution in [0.4, 0.5) is 0 Å². The van der Waals surface area contributed by atoms with E-state index in [0.717, 1.165) is 11.1 Å². The van der Waals surface area contributed by atoms with Crippen molar-refractivity contribution >= 4 is 12.1 Å². The van der Waals surface area contributed by atoms with E-state index in [1.165, 1.54) is 6.21 Å². The average Bonchev–Trinajstić information content (AvgIpc) is 2.63. The number of carbonyl (C=O) groups is 1. The van der Waals surface area contributed by atoms with Gasteiger partial charge in [-0.2, -0.15) is 5.10 Å². The number of benzene rings is 2. The van der Waals surface area contributed by atoms with Gasteiger partial charge in [0.2, 0.25) is 0 Å². The van der Waals surface area contributed by atoms with Gasteiger partial charge in [0, 0.05) is 17.2 Å².